The first kappa shape index (κ1) is 17.7. The van der Waals surface area contributed by atoms with E-state index in [9.17, 15) is 9.59 Å². The normalized spacial score (nSPS) is 10.8. The lowest BCUT2D eigenvalue weighted by molar-refractivity contribution is 0.0993. The van der Waals surface area contributed by atoms with Crippen LogP contribution in [-0.4, -0.2) is 26.8 Å². The number of anilines is 1. The molecule has 0 spiro atoms. The van der Waals surface area contributed by atoms with Crippen molar-refractivity contribution in [2.45, 2.75) is 6.92 Å². The second-order valence-electron chi connectivity index (χ2n) is 5.95. The number of H-pyrrole nitrogens is 1. The number of primary amides is 1. The van der Waals surface area contributed by atoms with Crippen molar-refractivity contribution in [1.82, 2.24) is 15.0 Å². The predicted octanol–water partition coefficient (Wildman–Crippen LogP) is 3.45. The van der Waals surface area contributed by atoms with Gasteiger partial charge in [0.15, 0.2) is 10.8 Å². The van der Waals surface area contributed by atoms with Gasteiger partial charge in [0.25, 0.3) is 11.8 Å². The largest absolute Gasteiger partial charge is 0.441 e. The van der Waals surface area contributed by atoms with E-state index in [0.29, 0.717) is 33.7 Å². The van der Waals surface area contributed by atoms with E-state index in [2.05, 4.69) is 20.3 Å². The molecule has 0 aliphatic heterocycles. The van der Waals surface area contributed by atoms with Crippen molar-refractivity contribution < 1.29 is 14.0 Å². The first-order valence-corrected chi connectivity index (χ1v) is 9.17. The fourth-order valence-electron chi connectivity index (χ4n) is 2.62. The van der Waals surface area contributed by atoms with Crippen LogP contribution in [0.2, 0.25) is 0 Å². The maximum Gasteiger partial charge on any atom is 0.279 e. The number of nitrogens with one attached hydrogen (secondary N) is 2. The van der Waals surface area contributed by atoms with Gasteiger partial charge in [-0.1, -0.05) is 18.2 Å². The summed E-state index contributed by atoms with van der Waals surface area (Å²) in [6.45, 7) is 1.69. The van der Waals surface area contributed by atoms with E-state index in [0.717, 1.165) is 5.56 Å². The standard InChI is InChI=1S/C19H15N5O3S/c1-10-15(23-18(27-10)11-5-3-2-4-6-11)17(26)24-19-22-14(9-28-19)12-7-13(16(20)25)21-8-12/h2-9,21H,1H3,(H2,20,25)(H,22,24,26). The minimum absolute atomic E-state index is 0.202. The van der Waals surface area contributed by atoms with Crippen LogP contribution < -0.4 is 11.1 Å². The van der Waals surface area contributed by atoms with Gasteiger partial charge in [-0.3, -0.25) is 14.9 Å². The van der Waals surface area contributed by atoms with Gasteiger partial charge in [0.1, 0.15) is 11.5 Å². The first-order chi connectivity index (χ1) is 13.5. The third-order valence-corrected chi connectivity index (χ3v) is 4.76. The number of hydrogen-bond donors (Lipinski definition) is 3. The minimum Gasteiger partial charge on any atom is -0.441 e. The quantitative estimate of drug-likeness (QED) is 0.478. The Hall–Kier alpha value is -3.72. The second kappa shape index (κ2) is 7.12. The van der Waals surface area contributed by atoms with Crippen LogP contribution in [0, 0.1) is 6.92 Å². The van der Waals surface area contributed by atoms with Crippen LogP contribution in [0.15, 0.2) is 52.4 Å². The Labute approximate surface area is 163 Å². The number of aromatic nitrogens is 3. The van der Waals surface area contributed by atoms with Crippen LogP contribution in [0.4, 0.5) is 5.13 Å². The molecule has 0 fully saturated rings. The average Bonchev–Trinajstić information content (AvgIpc) is 3.41. The molecule has 9 heteroatoms. The molecular weight excluding hydrogens is 378 g/mol. The second-order valence-corrected chi connectivity index (χ2v) is 6.81. The minimum atomic E-state index is -0.550. The molecule has 0 atom stereocenters. The maximum absolute atomic E-state index is 12.6. The molecule has 28 heavy (non-hydrogen) atoms. The van der Waals surface area contributed by atoms with Gasteiger partial charge >= 0.3 is 0 Å². The molecule has 2 amide bonds. The summed E-state index contributed by atoms with van der Waals surface area (Å²) >= 11 is 1.26. The van der Waals surface area contributed by atoms with Gasteiger partial charge in [-0.15, -0.1) is 11.3 Å². The SMILES string of the molecule is Cc1oc(-c2ccccc2)nc1C(=O)Nc1nc(-c2c[nH]c(C(N)=O)c2)cs1. The molecule has 8 nitrogen and oxygen atoms in total. The topological polar surface area (TPSA) is 127 Å². The van der Waals surface area contributed by atoms with Crippen molar-refractivity contribution in [3.05, 3.63) is 65.1 Å². The van der Waals surface area contributed by atoms with Crippen molar-refractivity contribution >= 4 is 28.3 Å². The zero-order valence-electron chi connectivity index (χ0n) is 14.7. The van der Waals surface area contributed by atoms with Crippen LogP contribution >= 0.6 is 11.3 Å². The van der Waals surface area contributed by atoms with Gasteiger partial charge in [-0.25, -0.2) is 9.97 Å². The molecule has 140 valence electrons. The van der Waals surface area contributed by atoms with Gasteiger partial charge in [0.05, 0.1) is 5.69 Å². The molecule has 0 saturated carbocycles. The molecule has 0 radical (unpaired) electrons. The summed E-state index contributed by atoms with van der Waals surface area (Å²) in [5.41, 5.74) is 7.84. The van der Waals surface area contributed by atoms with Crippen molar-refractivity contribution in [3.8, 4) is 22.7 Å². The monoisotopic (exact) mass is 393 g/mol. The number of aryl methyl sites for hydroxylation is 1. The Morgan fingerprint density at radius 3 is 2.68 bits per heavy atom. The van der Waals surface area contributed by atoms with Crippen molar-refractivity contribution in [2.75, 3.05) is 5.32 Å². The summed E-state index contributed by atoms with van der Waals surface area (Å²) < 4.78 is 5.62. The van der Waals surface area contributed by atoms with E-state index in [1.807, 2.05) is 30.3 Å². The van der Waals surface area contributed by atoms with Crippen molar-refractivity contribution in [3.63, 3.8) is 0 Å². The van der Waals surface area contributed by atoms with Gasteiger partial charge in [-0.2, -0.15) is 0 Å². The highest BCUT2D eigenvalue weighted by Gasteiger charge is 2.19. The molecule has 4 N–H and O–H groups in total. The number of rotatable bonds is 5. The Morgan fingerprint density at radius 1 is 1.18 bits per heavy atom. The number of nitrogens with two attached hydrogens (primary N) is 1. The molecule has 0 aliphatic rings. The number of thiazole rings is 1. The summed E-state index contributed by atoms with van der Waals surface area (Å²) in [6.07, 6.45) is 1.63. The zero-order valence-corrected chi connectivity index (χ0v) is 15.5. The molecule has 0 aliphatic carbocycles. The Bertz CT molecular complexity index is 1160. The van der Waals surface area contributed by atoms with E-state index in [-0.39, 0.29) is 5.69 Å². The number of hydrogen-bond acceptors (Lipinski definition) is 6. The van der Waals surface area contributed by atoms with E-state index in [1.165, 1.54) is 11.3 Å². The number of benzene rings is 1. The lowest BCUT2D eigenvalue weighted by Crippen LogP contribution is -2.13. The number of carbonyl (C=O) groups is 2. The van der Waals surface area contributed by atoms with Crippen LogP contribution in [0.3, 0.4) is 0 Å². The number of carbonyl (C=O) groups excluding carboxylic acids is 2. The van der Waals surface area contributed by atoms with Crippen LogP contribution in [0.5, 0.6) is 0 Å². The van der Waals surface area contributed by atoms with E-state index < -0.39 is 11.8 Å². The molecule has 4 aromatic rings. The number of aromatic amines is 1. The Kier molecular flexibility index (Phi) is 4.50. The van der Waals surface area contributed by atoms with Gasteiger partial charge in [0, 0.05) is 22.7 Å². The summed E-state index contributed by atoms with van der Waals surface area (Å²) in [7, 11) is 0. The third-order valence-electron chi connectivity index (χ3n) is 4.00. The highest BCUT2D eigenvalue weighted by molar-refractivity contribution is 7.14. The Morgan fingerprint density at radius 2 is 1.96 bits per heavy atom. The molecule has 0 unspecified atom stereocenters. The summed E-state index contributed by atoms with van der Waals surface area (Å²) in [6, 6.07) is 11.0. The number of nitrogens with zero attached hydrogens (tertiary/aromatic N) is 2. The van der Waals surface area contributed by atoms with Crippen molar-refractivity contribution in [1.29, 1.82) is 0 Å². The van der Waals surface area contributed by atoms with E-state index in [1.54, 1.807) is 24.6 Å². The number of oxazole rings is 1. The summed E-state index contributed by atoms with van der Waals surface area (Å²) in [5, 5.41) is 4.91. The fourth-order valence-corrected chi connectivity index (χ4v) is 3.33. The summed E-state index contributed by atoms with van der Waals surface area (Å²) in [5.74, 6) is -0.152. The lowest BCUT2D eigenvalue weighted by atomic mass is 10.2. The van der Waals surface area contributed by atoms with Crippen molar-refractivity contribution in [2.24, 2.45) is 5.73 Å². The highest BCUT2D eigenvalue weighted by atomic mass is 32.1. The molecular formula is C19H15N5O3S. The van der Waals surface area contributed by atoms with Crippen LogP contribution in [-0.2, 0) is 0 Å². The molecule has 3 aromatic heterocycles. The zero-order chi connectivity index (χ0) is 19.7. The molecule has 4 rings (SSSR count). The highest BCUT2D eigenvalue weighted by Crippen LogP contribution is 2.27. The van der Waals surface area contributed by atoms with Crippen LogP contribution in [0.25, 0.3) is 22.7 Å². The molecule has 1 aromatic carbocycles. The smallest absolute Gasteiger partial charge is 0.279 e. The van der Waals surface area contributed by atoms with E-state index >= 15 is 0 Å². The molecule has 0 bridgehead atoms. The first-order valence-electron chi connectivity index (χ1n) is 8.29. The Balaban J connectivity index is 1.52. The average molecular weight is 393 g/mol. The van der Waals surface area contributed by atoms with Gasteiger partial charge in [-0.05, 0) is 25.1 Å². The summed E-state index contributed by atoms with van der Waals surface area (Å²) in [4.78, 5) is 35.2. The van der Waals surface area contributed by atoms with Crippen LogP contribution in [0.1, 0.15) is 26.7 Å². The third kappa shape index (κ3) is 3.42. The number of amides is 2. The molecule has 3 heterocycles. The maximum atomic E-state index is 12.6. The predicted molar refractivity (Wildman–Crippen MR) is 105 cm³/mol. The van der Waals surface area contributed by atoms with Gasteiger partial charge < -0.3 is 15.1 Å². The lowest BCUT2D eigenvalue weighted by Gasteiger charge is -1.98. The fraction of sp³-hybridized carbons (Fsp3) is 0.0526. The van der Waals surface area contributed by atoms with E-state index in [4.69, 9.17) is 10.2 Å². The van der Waals surface area contributed by atoms with Gasteiger partial charge in [0.2, 0.25) is 5.89 Å². The molecule has 0 saturated heterocycles.